The average molecular weight is 479 g/mol. The number of anilines is 2. The van der Waals surface area contributed by atoms with Gasteiger partial charge in [-0.2, -0.15) is 5.10 Å². The van der Waals surface area contributed by atoms with Gasteiger partial charge in [0.15, 0.2) is 11.5 Å². The van der Waals surface area contributed by atoms with Gasteiger partial charge in [0.2, 0.25) is 0 Å². The fourth-order valence-electron chi connectivity index (χ4n) is 2.89. The number of aromatic amines is 2. The number of nitrogens with one attached hydrogen (secondary N) is 4. The van der Waals surface area contributed by atoms with Crippen molar-refractivity contribution in [3.05, 3.63) is 71.4 Å². The third-order valence-electron chi connectivity index (χ3n) is 4.47. The Morgan fingerprint density at radius 3 is 2.57 bits per heavy atom. The number of nitrogens with zero attached hydrogens (tertiary/aromatic N) is 1. The van der Waals surface area contributed by atoms with Gasteiger partial charge in [0.1, 0.15) is 6.61 Å². The quantitative estimate of drug-likeness (QED) is 0.112. The minimum absolute atomic E-state index is 0.135. The molecule has 35 heavy (non-hydrogen) atoms. The molecular weight excluding hydrogens is 458 g/mol. The van der Waals surface area contributed by atoms with E-state index in [1.165, 1.54) is 25.1 Å². The van der Waals surface area contributed by atoms with Crippen LogP contribution in [0.1, 0.15) is 23.7 Å². The summed E-state index contributed by atoms with van der Waals surface area (Å²) in [6.45, 7) is 4.25. The number of hydrogen-bond donors (Lipinski definition) is 4. The van der Waals surface area contributed by atoms with E-state index in [-0.39, 0.29) is 24.3 Å². The number of ketones is 1. The van der Waals surface area contributed by atoms with Crippen LogP contribution in [0.5, 0.6) is 0 Å². The van der Waals surface area contributed by atoms with Crippen molar-refractivity contribution in [2.75, 3.05) is 17.3 Å². The molecule has 180 valence electrons. The SMILES string of the molecule is C=COC(=O)CCOC(=O)c1cccc(N/N=C(\C(C)=O)C(=O)Nc2ccc3[nH]c(=O)[nH]c3c2)c1. The first kappa shape index (κ1) is 24.6. The molecule has 2 aromatic carbocycles. The Bertz CT molecular complexity index is 1390. The molecule has 1 aromatic heterocycles. The van der Waals surface area contributed by atoms with E-state index in [0.717, 1.165) is 6.26 Å². The summed E-state index contributed by atoms with van der Waals surface area (Å²) in [7, 11) is 0. The van der Waals surface area contributed by atoms with E-state index in [9.17, 15) is 24.0 Å². The molecule has 4 N–H and O–H groups in total. The summed E-state index contributed by atoms with van der Waals surface area (Å²) in [6, 6.07) is 10.7. The zero-order chi connectivity index (χ0) is 25.4. The van der Waals surface area contributed by atoms with Crippen LogP contribution in [-0.2, 0) is 23.9 Å². The average Bonchev–Trinajstić information content (AvgIpc) is 3.18. The summed E-state index contributed by atoms with van der Waals surface area (Å²) in [6.07, 6.45) is 0.849. The van der Waals surface area contributed by atoms with Crippen LogP contribution in [-0.4, -0.2) is 45.9 Å². The van der Waals surface area contributed by atoms with E-state index in [4.69, 9.17) is 4.74 Å². The number of amides is 1. The van der Waals surface area contributed by atoms with Crippen molar-refractivity contribution < 1.29 is 28.7 Å². The van der Waals surface area contributed by atoms with Crippen LogP contribution in [0.3, 0.4) is 0 Å². The van der Waals surface area contributed by atoms with Crippen molar-refractivity contribution in [1.82, 2.24) is 9.97 Å². The molecule has 1 amide bonds. The van der Waals surface area contributed by atoms with Gasteiger partial charge in [0, 0.05) is 12.6 Å². The largest absolute Gasteiger partial charge is 0.461 e. The number of benzene rings is 2. The lowest BCUT2D eigenvalue weighted by Gasteiger charge is -2.08. The van der Waals surface area contributed by atoms with Gasteiger partial charge in [-0.25, -0.2) is 9.59 Å². The van der Waals surface area contributed by atoms with Gasteiger partial charge in [-0.3, -0.25) is 19.8 Å². The highest BCUT2D eigenvalue weighted by atomic mass is 16.5. The van der Waals surface area contributed by atoms with Gasteiger partial charge in [-0.1, -0.05) is 12.6 Å². The summed E-state index contributed by atoms with van der Waals surface area (Å²) in [5, 5.41) is 6.43. The van der Waals surface area contributed by atoms with Crippen LogP contribution in [0.25, 0.3) is 11.0 Å². The van der Waals surface area contributed by atoms with E-state index >= 15 is 0 Å². The Morgan fingerprint density at radius 2 is 1.83 bits per heavy atom. The molecule has 0 aliphatic heterocycles. The molecule has 0 saturated carbocycles. The topological polar surface area (TPSA) is 172 Å². The molecule has 0 spiro atoms. The highest BCUT2D eigenvalue weighted by molar-refractivity contribution is 6.67. The van der Waals surface area contributed by atoms with E-state index < -0.39 is 29.3 Å². The molecular formula is C23H21N5O7. The van der Waals surface area contributed by atoms with Crippen LogP contribution < -0.4 is 16.4 Å². The minimum atomic E-state index is -0.774. The Morgan fingerprint density at radius 1 is 1.06 bits per heavy atom. The van der Waals surface area contributed by atoms with Gasteiger partial charge in [0.05, 0.1) is 35.0 Å². The first-order valence-corrected chi connectivity index (χ1v) is 10.2. The summed E-state index contributed by atoms with van der Waals surface area (Å²) in [5.41, 5.74) is 3.62. The van der Waals surface area contributed by atoms with Gasteiger partial charge >= 0.3 is 17.6 Å². The molecule has 1 heterocycles. The van der Waals surface area contributed by atoms with Crippen molar-refractivity contribution in [3.8, 4) is 0 Å². The Kier molecular flexibility index (Phi) is 7.90. The number of hydrazone groups is 1. The summed E-state index contributed by atoms with van der Waals surface area (Å²) in [5.74, 6) is -2.65. The molecule has 3 aromatic rings. The number of carbonyl (C=O) groups excluding carboxylic acids is 4. The van der Waals surface area contributed by atoms with Crippen molar-refractivity contribution >= 4 is 51.7 Å². The highest BCUT2D eigenvalue weighted by Crippen LogP contribution is 2.15. The third kappa shape index (κ3) is 6.74. The van der Waals surface area contributed by atoms with E-state index in [2.05, 4.69) is 37.1 Å². The first-order chi connectivity index (χ1) is 16.8. The van der Waals surface area contributed by atoms with Crippen LogP contribution in [0.4, 0.5) is 11.4 Å². The van der Waals surface area contributed by atoms with Gasteiger partial charge in [-0.05, 0) is 36.4 Å². The van der Waals surface area contributed by atoms with Crippen LogP contribution >= 0.6 is 0 Å². The summed E-state index contributed by atoms with van der Waals surface area (Å²) < 4.78 is 9.55. The molecule has 0 bridgehead atoms. The standard InChI is InChI=1S/C23H21N5O7/c1-3-34-19(30)9-10-35-22(32)14-5-4-6-16(11-14)27-28-20(13(2)29)21(31)24-15-7-8-17-18(12-15)26-23(33)25-17/h3-8,11-12,27H,1,9-10H2,2H3,(H,24,31)(H2,25,26,33)/b28-20+. The lowest BCUT2D eigenvalue weighted by atomic mass is 10.2. The molecule has 0 saturated heterocycles. The van der Waals surface area contributed by atoms with Crippen molar-refractivity contribution in [3.63, 3.8) is 0 Å². The molecule has 3 rings (SSSR count). The highest BCUT2D eigenvalue weighted by Gasteiger charge is 2.18. The maximum Gasteiger partial charge on any atom is 0.338 e. The molecule has 0 aliphatic carbocycles. The number of aromatic nitrogens is 2. The molecule has 0 atom stereocenters. The second kappa shape index (κ2) is 11.2. The number of imidazole rings is 1. The number of H-pyrrole nitrogens is 2. The second-order valence-electron chi connectivity index (χ2n) is 7.05. The molecule has 0 radical (unpaired) electrons. The number of fused-ring (bicyclic) bond motifs is 1. The third-order valence-corrected chi connectivity index (χ3v) is 4.47. The van der Waals surface area contributed by atoms with E-state index in [0.29, 0.717) is 22.4 Å². The number of esters is 2. The molecule has 0 fully saturated rings. The van der Waals surface area contributed by atoms with E-state index in [1.807, 2.05) is 0 Å². The van der Waals surface area contributed by atoms with Crippen LogP contribution in [0.2, 0.25) is 0 Å². The zero-order valence-corrected chi connectivity index (χ0v) is 18.5. The number of rotatable bonds is 10. The van der Waals surface area contributed by atoms with E-state index in [1.54, 1.807) is 24.3 Å². The lowest BCUT2D eigenvalue weighted by molar-refractivity contribution is -0.138. The number of hydrogen-bond acceptors (Lipinski definition) is 9. The number of ether oxygens (including phenoxy) is 2. The minimum Gasteiger partial charge on any atom is -0.461 e. The maximum absolute atomic E-state index is 12.6. The Labute approximate surface area is 198 Å². The predicted molar refractivity (Wildman–Crippen MR) is 127 cm³/mol. The smallest absolute Gasteiger partial charge is 0.338 e. The molecule has 12 heteroatoms. The second-order valence-corrected chi connectivity index (χ2v) is 7.05. The molecule has 12 nitrogen and oxygen atoms in total. The van der Waals surface area contributed by atoms with Crippen molar-refractivity contribution in [1.29, 1.82) is 0 Å². The van der Waals surface area contributed by atoms with Crippen molar-refractivity contribution in [2.24, 2.45) is 5.10 Å². The Balaban J connectivity index is 1.66. The fraction of sp³-hybridized carbons (Fsp3) is 0.130. The van der Waals surface area contributed by atoms with Crippen LogP contribution in [0, 0.1) is 0 Å². The van der Waals surface area contributed by atoms with Gasteiger partial charge in [0.25, 0.3) is 5.91 Å². The summed E-state index contributed by atoms with van der Waals surface area (Å²) >= 11 is 0. The van der Waals surface area contributed by atoms with Gasteiger partial charge < -0.3 is 24.8 Å². The first-order valence-electron chi connectivity index (χ1n) is 10.2. The number of Topliss-reactive ketones (excluding diaryl/α,β-unsaturated/α-hetero) is 1. The van der Waals surface area contributed by atoms with Crippen LogP contribution in [0.15, 0.2) is 65.2 Å². The molecule has 0 unspecified atom stereocenters. The normalized spacial score (nSPS) is 10.9. The predicted octanol–water partition coefficient (Wildman–Crippen LogP) is 2.09. The maximum atomic E-state index is 12.6. The molecule has 0 aliphatic rings. The van der Waals surface area contributed by atoms with Gasteiger partial charge in [-0.15, -0.1) is 0 Å². The summed E-state index contributed by atoms with van der Waals surface area (Å²) in [4.78, 5) is 64.6. The van der Waals surface area contributed by atoms with Crippen molar-refractivity contribution in [2.45, 2.75) is 13.3 Å². The monoisotopic (exact) mass is 479 g/mol. The Hall–Kier alpha value is -5.00. The number of carbonyl (C=O) groups is 4. The fourth-order valence-corrected chi connectivity index (χ4v) is 2.89. The lowest BCUT2D eigenvalue weighted by Crippen LogP contribution is -2.29. The zero-order valence-electron chi connectivity index (χ0n) is 18.5.